The molecule has 96 valence electrons. The smallest absolute Gasteiger partial charge is 0.312 e. The largest absolute Gasteiger partial charge is 0.402 e. The van der Waals surface area contributed by atoms with Gasteiger partial charge in [-0.1, -0.05) is 44.9 Å². The van der Waals surface area contributed by atoms with Crippen LogP contribution in [-0.2, 0) is 4.57 Å². The number of hydrogen-bond donors (Lipinski definition) is 2. The van der Waals surface area contributed by atoms with Crippen molar-refractivity contribution in [3.05, 3.63) is 0 Å². The lowest BCUT2D eigenvalue weighted by Crippen LogP contribution is -2.23. The highest BCUT2D eigenvalue weighted by Gasteiger charge is 2.23. The van der Waals surface area contributed by atoms with Crippen LogP contribution >= 0.6 is 7.75 Å². The van der Waals surface area contributed by atoms with Crippen LogP contribution in [0, 0.1) is 0 Å². The molecule has 0 amide bonds. The van der Waals surface area contributed by atoms with Crippen molar-refractivity contribution in [1.82, 2.24) is 4.67 Å². The van der Waals surface area contributed by atoms with Gasteiger partial charge >= 0.3 is 7.75 Å². The average Bonchev–Trinajstić information content (AvgIpc) is 2.16. The van der Waals surface area contributed by atoms with Crippen LogP contribution in [0.4, 0.5) is 0 Å². The topological polar surface area (TPSA) is 60.8 Å². The lowest BCUT2D eigenvalue weighted by atomic mass is 10.1. The van der Waals surface area contributed by atoms with Crippen LogP contribution in [0.25, 0.3) is 0 Å². The van der Waals surface area contributed by atoms with E-state index in [2.05, 4.69) is 0 Å². The van der Waals surface area contributed by atoms with E-state index in [1.165, 1.54) is 36.8 Å². The second-order valence-corrected chi connectivity index (χ2v) is 6.24. The fourth-order valence-corrected chi connectivity index (χ4v) is 3.00. The van der Waals surface area contributed by atoms with Crippen LogP contribution < -0.4 is 0 Å². The Bertz CT molecular complexity index is 217. The van der Waals surface area contributed by atoms with Gasteiger partial charge in [-0.2, -0.15) is 0 Å². The first-order valence-electron chi connectivity index (χ1n) is 6.42. The van der Waals surface area contributed by atoms with E-state index in [-0.39, 0.29) is 0 Å². The molecule has 0 aromatic carbocycles. The second-order valence-electron chi connectivity index (χ2n) is 4.65. The molecule has 5 heteroatoms. The maximum Gasteiger partial charge on any atom is 0.402 e. The van der Waals surface area contributed by atoms with Gasteiger partial charge in [0.25, 0.3) is 0 Å². The number of hydrogen-bond acceptors (Lipinski definition) is 1. The normalized spacial score (nSPS) is 23.4. The van der Waals surface area contributed by atoms with Crippen molar-refractivity contribution in [2.75, 3.05) is 13.1 Å². The molecule has 2 N–H and O–H groups in total. The van der Waals surface area contributed by atoms with E-state index in [1.54, 1.807) is 0 Å². The first kappa shape index (κ1) is 14.2. The molecule has 1 saturated heterocycles. The second kappa shape index (κ2) is 7.44. The van der Waals surface area contributed by atoms with Crippen molar-refractivity contribution in [1.29, 1.82) is 0 Å². The molecule has 0 unspecified atom stereocenters. The molecule has 16 heavy (non-hydrogen) atoms. The van der Waals surface area contributed by atoms with Gasteiger partial charge in [-0.25, -0.2) is 9.24 Å². The van der Waals surface area contributed by atoms with E-state index in [4.69, 9.17) is 0 Å². The summed E-state index contributed by atoms with van der Waals surface area (Å²) in [5.74, 6) is 0. The van der Waals surface area contributed by atoms with Gasteiger partial charge in [0, 0.05) is 13.1 Å². The Morgan fingerprint density at radius 1 is 0.688 bits per heavy atom. The van der Waals surface area contributed by atoms with Crippen LogP contribution in [-0.4, -0.2) is 27.5 Å². The molecule has 1 fully saturated rings. The molecular formula is C11H24NO3P. The molecule has 0 aromatic heterocycles. The molecule has 1 aliphatic heterocycles. The van der Waals surface area contributed by atoms with Crippen LogP contribution in [0.1, 0.15) is 57.8 Å². The SMILES string of the molecule is O=P(O)(O)N1CCCCCCCCCCC1. The summed E-state index contributed by atoms with van der Waals surface area (Å²) in [5, 5.41) is 0. The van der Waals surface area contributed by atoms with Crippen LogP contribution in [0.2, 0.25) is 0 Å². The quantitative estimate of drug-likeness (QED) is 0.701. The lowest BCUT2D eigenvalue weighted by molar-refractivity contribution is 0.261. The average molecular weight is 249 g/mol. The predicted octanol–water partition coefficient (Wildman–Crippen LogP) is 2.91. The Balaban J connectivity index is 2.39. The van der Waals surface area contributed by atoms with E-state index in [9.17, 15) is 14.4 Å². The van der Waals surface area contributed by atoms with Crippen LogP contribution in [0.5, 0.6) is 0 Å². The van der Waals surface area contributed by atoms with Gasteiger partial charge in [-0.3, -0.25) is 0 Å². The van der Waals surface area contributed by atoms with Crippen molar-refractivity contribution in [2.24, 2.45) is 0 Å². The van der Waals surface area contributed by atoms with E-state index >= 15 is 0 Å². The molecule has 0 aliphatic carbocycles. The highest BCUT2D eigenvalue weighted by Crippen LogP contribution is 2.40. The molecular weight excluding hydrogens is 225 g/mol. The summed E-state index contributed by atoms with van der Waals surface area (Å²) in [5.41, 5.74) is 0. The van der Waals surface area contributed by atoms with Crippen molar-refractivity contribution in [3.63, 3.8) is 0 Å². The van der Waals surface area contributed by atoms with Gasteiger partial charge < -0.3 is 9.79 Å². The molecule has 1 rings (SSSR count). The van der Waals surface area contributed by atoms with E-state index in [0.29, 0.717) is 13.1 Å². The summed E-state index contributed by atoms with van der Waals surface area (Å²) in [7, 11) is -4.01. The molecule has 0 radical (unpaired) electrons. The van der Waals surface area contributed by atoms with Crippen LogP contribution in [0.3, 0.4) is 0 Å². The molecule has 0 spiro atoms. The Kier molecular flexibility index (Phi) is 6.59. The first-order valence-corrected chi connectivity index (χ1v) is 7.98. The summed E-state index contributed by atoms with van der Waals surface area (Å²) in [6, 6.07) is 0. The van der Waals surface area contributed by atoms with Gasteiger partial charge in [0.2, 0.25) is 0 Å². The van der Waals surface area contributed by atoms with Crippen LogP contribution in [0.15, 0.2) is 0 Å². The van der Waals surface area contributed by atoms with Gasteiger partial charge in [0.1, 0.15) is 0 Å². The molecule has 0 saturated carbocycles. The molecule has 1 aliphatic rings. The van der Waals surface area contributed by atoms with E-state index in [0.717, 1.165) is 25.7 Å². The summed E-state index contributed by atoms with van der Waals surface area (Å²) in [4.78, 5) is 18.4. The first-order chi connectivity index (χ1) is 7.61. The van der Waals surface area contributed by atoms with Crippen molar-refractivity contribution in [3.8, 4) is 0 Å². The highest BCUT2D eigenvalue weighted by atomic mass is 31.2. The number of nitrogens with zero attached hydrogens (tertiary/aromatic N) is 1. The zero-order valence-corrected chi connectivity index (χ0v) is 10.9. The Morgan fingerprint density at radius 2 is 1.00 bits per heavy atom. The van der Waals surface area contributed by atoms with E-state index in [1.807, 2.05) is 0 Å². The van der Waals surface area contributed by atoms with Crippen molar-refractivity contribution in [2.45, 2.75) is 57.8 Å². The minimum atomic E-state index is -4.01. The Morgan fingerprint density at radius 3 is 1.31 bits per heavy atom. The molecule has 0 aromatic rings. The number of rotatable bonds is 1. The maximum absolute atomic E-state index is 11.2. The molecule has 1 heterocycles. The van der Waals surface area contributed by atoms with E-state index < -0.39 is 7.75 Å². The molecule has 0 bridgehead atoms. The molecule has 4 nitrogen and oxygen atoms in total. The van der Waals surface area contributed by atoms with Gasteiger partial charge in [-0.05, 0) is 12.8 Å². The Labute approximate surface area is 98.3 Å². The van der Waals surface area contributed by atoms with Gasteiger partial charge in [0.05, 0.1) is 0 Å². The zero-order chi connectivity index (χ0) is 11.9. The summed E-state index contributed by atoms with van der Waals surface area (Å²) < 4.78 is 12.6. The zero-order valence-electron chi connectivity index (χ0n) is 9.98. The summed E-state index contributed by atoms with van der Waals surface area (Å²) >= 11 is 0. The monoisotopic (exact) mass is 249 g/mol. The fourth-order valence-electron chi connectivity index (χ4n) is 2.20. The lowest BCUT2D eigenvalue weighted by Gasteiger charge is -2.23. The highest BCUT2D eigenvalue weighted by molar-refractivity contribution is 7.49. The standard InChI is InChI=1S/C11H24NO3P/c13-16(14,15)12-10-8-6-4-2-1-3-5-7-9-11-12/h1-11H2,(H2,13,14,15). The van der Waals surface area contributed by atoms with Crippen molar-refractivity contribution < 1.29 is 14.4 Å². The third-order valence-electron chi connectivity index (χ3n) is 3.20. The van der Waals surface area contributed by atoms with Crippen molar-refractivity contribution >= 4 is 7.75 Å². The predicted molar refractivity (Wildman–Crippen MR) is 65.2 cm³/mol. The minimum Gasteiger partial charge on any atom is -0.312 e. The minimum absolute atomic E-state index is 0.546. The molecule has 0 atom stereocenters. The fraction of sp³-hybridized carbons (Fsp3) is 1.00. The summed E-state index contributed by atoms with van der Waals surface area (Å²) in [6.07, 6.45) is 10.3. The summed E-state index contributed by atoms with van der Waals surface area (Å²) in [6.45, 7) is 1.09. The van der Waals surface area contributed by atoms with Gasteiger partial charge in [-0.15, -0.1) is 0 Å². The Hall–Kier alpha value is 0.110. The third-order valence-corrected chi connectivity index (χ3v) is 4.34. The maximum atomic E-state index is 11.2. The third kappa shape index (κ3) is 6.00. The van der Waals surface area contributed by atoms with Gasteiger partial charge in [0.15, 0.2) is 0 Å².